The van der Waals surface area contributed by atoms with E-state index >= 15 is 0 Å². The molecule has 0 aliphatic heterocycles. The van der Waals surface area contributed by atoms with Crippen LogP contribution < -0.4 is 5.32 Å². The first-order chi connectivity index (χ1) is 8.68. The van der Waals surface area contributed by atoms with Gasteiger partial charge in [-0.2, -0.15) is 0 Å². The summed E-state index contributed by atoms with van der Waals surface area (Å²) in [4.78, 5) is 17.8. The van der Waals surface area contributed by atoms with Gasteiger partial charge in [-0.05, 0) is 49.9 Å². The number of carbonyl (C=O) groups is 1. The van der Waals surface area contributed by atoms with Crippen LogP contribution in [0.4, 0.5) is 0 Å². The SMILES string of the molecule is CC(c1ccncc1)N(C)C(=O)CNCC1CC1. The third kappa shape index (κ3) is 3.53. The van der Waals surface area contributed by atoms with Crippen LogP contribution in [-0.2, 0) is 4.79 Å². The first kappa shape index (κ1) is 13.0. The highest BCUT2D eigenvalue weighted by Crippen LogP contribution is 2.27. The smallest absolute Gasteiger partial charge is 0.236 e. The Morgan fingerprint density at radius 1 is 1.50 bits per heavy atom. The standard InChI is InChI=1S/C14H21N3O/c1-11(13-5-7-15-8-6-13)17(2)14(18)10-16-9-12-3-4-12/h5-8,11-12,16H,3-4,9-10H2,1-2H3. The molecule has 0 radical (unpaired) electrons. The Morgan fingerprint density at radius 3 is 2.78 bits per heavy atom. The topological polar surface area (TPSA) is 45.2 Å². The number of nitrogens with zero attached hydrogens (tertiary/aromatic N) is 2. The quantitative estimate of drug-likeness (QED) is 0.830. The highest BCUT2D eigenvalue weighted by atomic mass is 16.2. The maximum Gasteiger partial charge on any atom is 0.236 e. The van der Waals surface area contributed by atoms with Gasteiger partial charge in [0.05, 0.1) is 12.6 Å². The van der Waals surface area contributed by atoms with E-state index < -0.39 is 0 Å². The van der Waals surface area contributed by atoms with Gasteiger partial charge in [-0.1, -0.05) is 0 Å². The molecule has 1 amide bonds. The van der Waals surface area contributed by atoms with Gasteiger partial charge >= 0.3 is 0 Å². The Labute approximate surface area is 108 Å². The van der Waals surface area contributed by atoms with Crippen LogP contribution >= 0.6 is 0 Å². The summed E-state index contributed by atoms with van der Waals surface area (Å²) >= 11 is 0. The molecule has 4 heteroatoms. The molecule has 0 saturated heterocycles. The molecule has 18 heavy (non-hydrogen) atoms. The predicted octanol–water partition coefficient (Wildman–Crippen LogP) is 1.60. The molecule has 1 aromatic heterocycles. The normalized spacial score (nSPS) is 16.3. The van der Waals surface area contributed by atoms with Crippen LogP contribution in [0, 0.1) is 5.92 Å². The Balaban J connectivity index is 1.81. The molecule has 2 rings (SSSR count). The van der Waals surface area contributed by atoms with Gasteiger partial charge in [0, 0.05) is 19.4 Å². The lowest BCUT2D eigenvalue weighted by atomic mass is 10.1. The van der Waals surface area contributed by atoms with Crippen LogP contribution in [0.3, 0.4) is 0 Å². The summed E-state index contributed by atoms with van der Waals surface area (Å²) in [6.07, 6.45) is 6.14. The molecule has 1 aliphatic carbocycles. The largest absolute Gasteiger partial charge is 0.338 e. The molecule has 0 bridgehead atoms. The number of hydrogen-bond acceptors (Lipinski definition) is 3. The van der Waals surface area contributed by atoms with Crippen LogP contribution in [0.15, 0.2) is 24.5 Å². The summed E-state index contributed by atoms with van der Waals surface area (Å²) in [5, 5.41) is 3.23. The van der Waals surface area contributed by atoms with E-state index in [2.05, 4.69) is 10.3 Å². The van der Waals surface area contributed by atoms with Crippen molar-refractivity contribution >= 4 is 5.91 Å². The molecule has 0 spiro atoms. The van der Waals surface area contributed by atoms with Crippen molar-refractivity contribution < 1.29 is 4.79 Å². The van der Waals surface area contributed by atoms with Crippen molar-refractivity contribution in [3.8, 4) is 0 Å². The summed E-state index contributed by atoms with van der Waals surface area (Å²) in [5.74, 6) is 0.945. The zero-order valence-corrected chi connectivity index (χ0v) is 11.1. The minimum atomic E-state index is 0.0863. The molecule has 98 valence electrons. The van der Waals surface area contributed by atoms with E-state index in [1.165, 1.54) is 12.8 Å². The summed E-state index contributed by atoms with van der Waals surface area (Å²) in [5.41, 5.74) is 1.11. The van der Waals surface area contributed by atoms with E-state index in [1.54, 1.807) is 17.3 Å². The first-order valence-electron chi connectivity index (χ1n) is 6.54. The van der Waals surface area contributed by atoms with Crippen LogP contribution in [0.25, 0.3) is 0 Å². The number of aromatic nitrogens is 1. The predicted molar refractivity (Wildman–Crippen MR) is 71.0 cm³/mol. The average molecular weight is 247 g/mol. The lowest BCUT2D eigenvalue weighted by Crippen LogP contribution is -2.37. The van der Waals surface area contributed by atoms with Gasteiger partial charge in [0.25, 0.3) is 0 Å². The number of nitrogens with one attached hydrogen (secondary N) is 1. The fraction of sp³-hybridized carbons (Fsp3) is 0.571. The van der Waals surface area contributed by atoms with Gasteiger partial charge < -0.3 is 10.2 Å². The molecule has 1 atom stereocenters. The number of amides is 1. The van der Waals surface area contributed by atoms with Gasteiger partial charge in [0.2, 0.25) is 5.91 Å². The van der Waals surface area contributed by atoms with Crippen molar-refractivity contribution in [1.82, 2.24) is 15.2 Å². The second-order valence-electron chi connectivity index (χ2n) is 5.04. The van der Waals surface area contributed by atoms with Crippen LogP contribution in [0.2, 0.25) is 0 Å². The molecule has 0 aromatic carbocycles. The van der Waals surface area contributed by atoms with Crippen molar-refractivity contribution in [3.05, 3.63) is 30.1 Å². The fourth-order valence-corrected chi connectivity index (χ4v) is 1.91. The van der Waals surface area contributed by atoms with Gasteiger partial charge in [0.1, 0.15) is 0 Å². The zero-order valence-electron chi connectivity index (χ0n) is 11.1. The van der Waals surface area contributed by atoms with Gasteiger partial charge in [-0.15, -0.1) is 0 Å². The van der Waals surface area contributed by atoms with Gasteiger partial charge in [0.15, 0.2) is 0 Å². The maximum absolute atomic E-state index is 12.0. The third-order valence-electron chi connectivity index (χ3n) is 3.57. The minimum absolute atomic E-state index is 0.0863. The molecule has 1 heterocycles. The first-order valence-corrected chi connectivity index (χ1v) is 6.54. The molecule has 1 fully saturated rings. The van der Waals surface area contributed by atoms with Crippen molar-refractivity contribution in [2.24, 2.45) is 5.92 Å². The second-order valence-corrected chi connectivity index (χ2v) is 5.04. The molecular weight excluding hydrogens is 226 g/mol. The average Bonchev–Trinajstić information content (AvgIpc) is 3.22. The minimum Gasteiger partial charge on any atom is -0.338 e. The summed E-state index contributed by atoms with van der Waals surface area (Å²) in [6.45, 7) is 3.44. The van der Waals surface area contributed by atoms with Crippen molar-refractivity contribution in [1.29, 1.82) is 0 Å². The summed E-state index contributed by atoms with van der Waals surface area (Å²) in [7, 11) is 1.85. The van der Waals surface area contributed by atoms with Gasteiger partial charge in [-0.3, -0.25) is 9.78 Å². The van der Waals surface area contributed by atoms with E-state index in [-0.39, 0.29) is 11.9 Å². The van der Waals surface area contributed by atoms with Crippen molar-refractivity contribution in [3.63, 3.8) is 0 Å². The highest BCUT2D eigenvalue weighted by Gasteiger charge is 2.22. The maximum atomic E-state index is 12.0. The third-order valence-corrected chi connectivity index (χ3v) is 3.57. The highest BCUT2D eigenvalue weighted by molar-refractivity contribution is 5.78. The van der Waals surface area contributed by atoms with E-state index in [4.69, 9.17) is 0 Å². The Morgan fingerprint density at radius 2 is 2.17 bits per heavy atom. The Bertz CT molecular complexity index is 389. The lowest BCUT2D eigenvalue weighted by molar-refractivity contribution is -0.130. The number of rotatable bonds is 6. The molecular formula is C14H21N3O. The monoisotopic (exact) mass is 247 g/mol. The van der Waals surface area contributed by atoms with Crippen LogP contribution in [0.5, 0.6) is 0 Å². The molecule has 4 nitrogen and oxygen atoms in total. The zero-order chi connectivity index (χ0) is 13.0. The number of hydrogen-bond donors (Lipinski definition) is 1. The molecule has 1 aliphatic rings. The van der Waals surface area contributed by atoms with Crippen LogP contribution in [-0.4, -0.2) is 35.9 Å². The van der Waals surface area contributed by atoms with Crippen LogP contribution in [0.1, 0.15) is 31.4 Å². The van der Waals surface area contributed by atoms with Gasteiger partial charge in [-0.25, -0.2) is 0 Å². The van der Waals surface area contributed by atoms with E-state index in [9.17, 15) is 4.79 Å². The number of likely N-dealkylation sites (N-methyl/N-ethyl adjacent to an activating group) is 1. The summed E-state index contributed by atoms with van der Waals surface area (Å²) < 4.78 is 0. The number of pyridine rings is 1. The molecule has 1 saturated carbocycles. The fourth-order valence-electron chi connectivity index (χ4n) is 1.91. The number of carbonyl (C=O) groups excluding carboxylic acids is 1. The molecule has 1 unspecified atom stereocenters. The lowest BCUT2D eigenvalue weighted by Gasteiger charge is -2.25. The van der Waals surface area contributed by atoms with E-state index in [1.807, 2.05) is 26.1 Å². The Kier molecular flexibility index (Phi) is 4.31. The van der Waals surface area contributed by atoms with Crippen molar-refractivity contribution in [2.75, 3.05) is 20.1 Å². The van der Waals surface area contributed by atoms with Crippen molar-refractivity contribution in [2.45, 2.75) is 25.8 Å². The Hall–Kier alpha value is -1.42. The van der Waals surface area contributed by atoms with E-state index in [0.29, 0.717) is 6.54 Å². The summed E-state index contributed by atoms with van der Waals surface area (Å²) in [6, 6.07) is 3.99. The second kappa shape index (κ2) is 5.96. The molecule has 1 aromatic rings. The molecule has 1 N–H and O–H groups in total. The van der Waals surface area contributed by atoms with E-state index in [0.717, 1.165) is 18.0 Å².